The summed E-state index contributed by atoms with van der Waals surface area (Å²) in [6, 6.07) is 0.00400. The molecule has 1 heterocycles. The smallest absolute Gasteiger partial charge is 0.153 e. The predicted molar refractivity (Wildman–Crippen MR) is 59.7 cm³/mol. The summed E-state index contributed by atoms with van der Waals surface area (Å²) in [6.07, 6.45) is 2.27. The van der Waals surface area contributed by atoms with Gasteiger partial charge in [0.2, 0.25) is 0 Å². The molecule has 80 valence electrons. The van der Waals surface area contributed by atoms with Gasteiger partial charge >= 0.3 is 0 Å². The van der Waals surface area contributed by atoms with E-state index in [1.54, 1.807) is 4.68 Å². The molecular weight excluding hydrogens is 244 g/mol. The SMILES string of the molecule is CCCC(C)C(N)c1c(Br)nnn1C. The summed E-state index contributed by atoms with van der Waals surface area (Å²) in [7, 11) is 1.87. The molecular formula is C9H17BrN4. The third-order valence-electron chi connectivity index (χ3n) is 2.50. The number of halogens is 1. The van der Waals surface area contributed by atoms with Crippen molar-refractivity contribution in [3.63, 3.8) is 0 Å². The maximum absolute atomic E-state index is 6.14. The molecule has 1 rings (SSSR count). The molecule has 0 aliphatic heterocycles. The second kappa shape index (κ2) is 4.89. The van der Waals surface area contributed by atoms with Gasteiger partial charge in [-0.05, 0) is 28.3 Å². The molecule has 5 heteroatoms. The summed E-state index contributed by atoms with van der Waals surface area (Å²) < 4.78 is 2.50. The first-order valence-corrected chi connectivity index (χ1v) is 5.67. The number of aryl methyl sites for hydroxylation is 1. The second-order valence-corrected chi connectivity index (χ2v) is 4.43. The number of hydrogen-bond acceptors (Lipinski definition) is 3. The Morgan fingerprint density at radius 2 is 2.21 bits per heavy atom. The van der Waals surface area contributed by atoms with Crippen molar-refractivity contribution in [2.75, 3.05) is 0 Å². The van der Waals surface area contributed by atoms with E-state index >= 15 is 0 Å². The average Bonchev–Trinajstić information content (AvgIpc) is 2.46. The van der Waals surface area contributed by atoms with Crippen LogP contribution >= 0.6 is 15.9 Å². The van der Waals surface area contributed by atoms with E-state index in [2.05, 4.69) is 40.1 Å². The molecule has 2 N–H and O–H groups in total. The van der Waals surface area contributed by atoms with Gasteiger partial charge in [-0.2, -0.15) is 0 Å². The van der Waals surface area contributed by atoms with E-state index in [0.29, 0.717) is 5.92 Å². The average molecular weight is 261 g/mol. The summed E-state index contributed by atoms with van der Waals surface area (Å²) >= 11 is 3.36. The van der Waals surface area contributed by atoms with Gasteiger partial charge in [0.15, 0.2) is 4.60 Å². The van der Waals surface area contributed by atoms with Gasteiger partial charge < -0.3 is 5.73 Å². The molecule has 0 fully saturated rings. The Morgan fingerprint density at radius 3 is 2.64 bits per heavy atom. The zero-order valence-corrected chi connectivity index (χ0v) is 10.5. The number of aromatic nitrogens is 3. The highest BCUT2D eigenvalue weighted by atomic mass is 79.9. The zero-order chi connectivity index (χ0) is 10.7. The molecule has 0 radical (unpaired) electrons. The molecule has 2 atom stereocenters. The highest BCUT2D eigenvalue weighted by Gasteiger charge is 2.21. The first-order valence-electron chi connectivity index (χ1n) is 4.88. The van der Waals surface area contributed by atoms with Crippen LogP contribution in [0.5, 0.6) is 0 Å². The number of rotatable bonds is 4. The van der Waals surface area contributed by atoms with Gasteiger partial charge in [0.1, 0.15) is 0 Å². The van der Waals surface area contributed by atoms with Gasteiger partial charge in [0.25, 0.3) is 0 Å². The molecule has 0 aromatic carbocycles. The fourth-order valence-electron chi connectivity index (χ4n) is 1.60. The Balaban J connectivity index is 2.82. The molecule has 0 amide bonds. The molecule has 0 spiro atoms. The highest BCUT2D eigenvalue weighted by Crippen LogP contribution is 2.26. The van der Waals surface area contributed by atoms with E-state index in [4.69, 9.17) is 5.73 Å². The standard InChI is InChI=1S/C9H17BrN4/c1-4-5-6(2)7(11)8-9(10)12-13-14(8)3/h6-7H,4-5,11H2,1-3H3. The third kappa shape index (κ3) is 2.33. The molecule has 1 aromatic rings. The van der Waals surface area contributed by atoms with Crippen LogP contribution in [-0.4, -0.2) is 15.0 Å². The van der Waals surface area contributed by atoms with Crippen molar-refractivity contribution in [3.05, 3.63) is 10.3 Å². The van der Waals surface area contributed by atoms with Crippen LogP contribution in [0.2, 0.25) is 0 Å². The summed E-state index contributed by atoms with van der Waals surface area (Å²) in [5.41, 5.74) is 7.12. The summed E-state index contributed by atoms with van der Waals surface area (Å²) in [6.45, 7) is 4.33. The van der Waals surface area contributed by atoms with Crippen molar-refractivity contribution in [3.8, 4) is 0 Å². The molecule has 4 nitrogen and oxygen atoms in total. The van der Waals surface area contributed by atoms with Crippen LogP contribution < -0.4 is 5.73 Å². The van der Waals surface area contributed by atoms with E-state index in [0.717, 1.165) is 23.1 Å². The van der Waals surface area contributed by atoms with Gasteiger partial charge in [-0.15, -0.1) is 5.10 Å². The summed E-state index contributed by atoms with van der Waals surface area (Å²) in [4.78, 5) is 0. The van der Waals surface area contributed by atoms with E-state index in [9.17, 15) is 0 Å². The van der Waals surface area contributed by atoms with Crippen LogP contribution in [0.15, 0.2) is 4.60 Å². The Labute approximate surface area is 93.0 Å². The second-order valence-electron chi connectivity index (χ2n) is 3.68. The fourth-order valence-corrected chi connectivity index (χ4v) is 2.19. The van der Waals surface area contributed by atoms with E-state index in [-0.39, 0.29) is 6.04 Å². The molecule has 0 aliphatic carbocycles. The number of hydrogen-bond donors (Lipinski definition) is 1. The maximum Gasteiger partial charge on any atom is 0.153 e. The lowest BCUT2D eigenvalue weighted by Gasteiger charge is -2.19. The van der Waals surface area contributed by atoms with Gasteiger partial charge in [-0.3, -0.25) is 0 Å². The lowest BCUT2D eigenvalue weighted by atomic mass is 9.95. The molecule has 0 saturated carbocycles. The largest absolute Gasteiger partial charge is 0.322 e. The molecule has 14 heavy (non-hydrogen) atoms. The number of nitrogens with two attached hydrogens (primary N) is 1. The summed E-state index contributed by atoms with van der Waals surface area (Å²) in [5.74, 6) is 0.452. The van der Waals surface area contributed by atoms with Crippen LogP contribution in [0.25, 0.3) is 0 Å². The van der Waals surface area contributed by atoms with Gasteiger partial charge in [0.05, 0.1) is 11.7 Å². The zero-order valence-electron chi connectivity index (χ0n) is 8.87. The Kier molecular flexibility index (Phi) is 4.07. The Bertz CT molecular complexity index is 278. The lowest BCUT2D eigenvalue weighted by molar-refractivity contribution is 0.413. The van der Waals surface area contributed by atoms with Crippen LogP contribution in [0.3, 0.4) is 0 Å². The van der Waals surface area contributed by atoms with Crippen LogP contribution in [-0.2, 0) is 7.05 Å². The topological polar surface area (TPSA) is 56.7 Å². The van der Waals surface area contributed by atoms with E-state index in [1.807, 2.05) is 7.05 Å². The van der Waals surface area contributed by atoms with E-state index in [1.165, 1.54) is 0 Å². The minimum Gasteiger partial charge on any atom is -0.322 e. The van der Waals surface area contributed by atoms with Crippen molar-refractivity contribution >= 4 is 15.9 Å². The predicted octanol–water partition coefficient (Wildman–Crippen LogP) is 2.01. The van der Waals surface area contributed by atoms with Gasteiger partial charge in [-0.1, -0.05) is 25.5 Å². The van der Waals surface area contributed by atoms with Gasteiger partial charge in [-0.25, -0.2) is 4.68 Å². The van der Waals surface area contributed by atoms with Crippen LogP contribution in [0, 0.1) is 5.92 Å². The van der Waals surface area contributed by atoms with Crippen molar-refractivity contribution in [1.29, 1.82) is 0 Å². The van der Waals surface area contributed by atoms with E-state index < -0.39 is 0 Å². The minimum absolute atomic E-state index is 0.00400. The van der Waals surface area contributed by atoms with Crippen molar-refractivity contribution in [2.24, 2.45) is 18.7 Å². The molecule has 0 saturated heterocycles. The van der Waals surface area contributed by atoms with Crippen LogP contribution in [0.1, 0.15) is 38.4 Å². The normalized spacial score (nSPS) is 15.5. The molecule has 0 aliphatic rings. The highest BCUT2D eigenvalue weighted by molar-refractivity contribution is 9.10. The first kappa shape index (κ1) is 11.7. The quantitative estimate of drug-likeness (QED) is 0.902. The molecule has 0 bridgehead atoms. The van der Waals surface area contributed by atoms with Crippen molar-refractivity contribution in [1.82, 2.24) is 15.0 Å². The Hall–Kier alpha value is -0.420. The Morgan fingerprint density at radius 1 is 1.57 bits per heavy atom. The number of nitrogens with zero attached hydrogens (tertiary/aromatic N) is 3. The monoisotopic (exact) mass is 260 g/mol. The summed E-state index contributed by atoms with van der Waals surface area (Å²) in [5, 5.41) is 7.85. The van der Waals surface area contributed by atoms with Crippen molar-refractivity contribution < 1.29 is 0 Å². The molecule has 2 unspecified atom stereocenters. The van der Waals surface area contributed by atoms with Crippen LogP contribution in [0.4, 0.5) is 0 Å². The maximum atomic E-state index is 6.14. The lowest BCUT2D eigenvalue weighted by Crippen LogP contribution is -2.22. The third-order valence-corrected chi connectivity index (χ3v) is 3.06. The minimum atomic E-state index is 0.00400. The first-order chi connectivity index (χ1) is 6.57. The van der Waals surface area contributed by atoms with Crippen molar-refractivity contribution in [2.45, 2.75) is 32.7 Å². The molecule has 1 aromatic heterocycles. The fraction of sp³-hybridized carbons (Fsp3) is 0.778. The van der Waals surface area contributed by atoms with Gasteiger partial charge in [0, 0.05) is 7.05 Å².